The van der Waals surface area contributed by atoms with E-state index < -0.39 is 139 Å². The SMILES string of the molecule is CCC(C)CC(OC(C)(C)CC(C)(O)C(F)(F)F)(C(F)(F)F)C(F)(F)F.CCC(C)CC(OCOC1CC2CC(CC(O)(C(F)(F)F)C(F)(F)F)C1C2)(C(F)(F)F)C(F)(F)F. The molecule has 0 aromatic heterocycles. The molecule has 26 heteroatoms. The molecule has 5 nitrogen and oxygen atoms in total. The second-order valence-electron chi connectivity index (χ2n) is 16.9. The lowest BCUT2D eigenvalue weighted by molar-refractivity contribution is -0.409. The van der Waals surface area contributed by atoms with Gasteiger partial charge < -0.3 is 24.4 Å². The molecule has 2 bridgehead atoms. The first kappa shape index (κ1) is 57.3. The summed E-state index contributed by atoms with van der Waals surface area (Å²) in [4.78, 5) is 0. The highest BCUT2D eigenvalue weighted by Gasteiger charge is 2.75. The van der Waals surface area contributed by atoms with Crippen LogP contribution in [0, 0.1) is 29.6 Å². The minimum atomic E-state index is -6.04. The van der Waals surface area contributed by atoms with E-state index in [1.807, 2.05) is 0 Å². The third kappa shape index (κ3) is 13.0. The van der Waals surface area contributed by atoms with Crippen molar-refractivity contribution in [2.75, 3.05) is 6.79 Å². The predicted molar refractivity (Wildman–Crippen MR) is 171 cm³/mol. The van der Waals surface area contributed by atoms with Crippen molar-refractivity contribution in [3.8, 4) is 0 Å². The van der Waals surface area contributed by atoms with Crippen LogP contribution in [0.15, 0.2) is 0 Å². The Kier molecular flexibility index (Phi) is 17.6. The minimum absolute atomic E-state index is 0.0203. The average Bonchev–Trinajstić information content (AvgIpc) is 3.59. The van der Waals surface area contributed by atoms with Crippen LogP contribution >= 0.6 is 0 Å². The summed E-state index contributed by atoms with van der Waals surface area (Å²) in [5, 5.41) is 18.9. The molecule has 0 saturated heterocycles. The Morgan fingerprint density at radius 2 is 0.934 bits per heavy atom. The van der Waals surface area contributed by atoms with E-state index in [4.69, 9.17) is 4.74 Å². The number of hydrogen-bond acceptors (Lipinski definition) is 5. The molecule has 0 amide bonds. The van der Waals surface area contributed by atoms with Crippen LogP contribution in [0.25, 0.3) is 0 Å². The summed E-state index contributed by atoms with van der Waals surface area (Å²) in [6, 6.07) is 0. The number of alkyl halides is 21. The summed E-state index contributed by atoms with van der Waals surface area (Å²) < 4.78 is 292. The Bertz CT molecular complexity index is 1330. The van der Waals surface area contributed by atoms with Gasteiger partial charge in [0, 0.05) is 6.42 Å². The van der Waals surface area contributed by atoms with Crippen molar-refractivity contribution < 1.29 is 117 Å². The second kappa shape index (κ2) is 18.7. The number of aliphatic hydroxyl groups is 2. The highest BCUT2D eigenvalue weighted by atomic mass is 19.4. The van der Waals surface area contributed by atoms with Crippen LogP contribution < -0.4 is 0 Å². The van der Waals surface area contributed by atoms with Gasteiger partial charge in [0.25, 0.3) is 16.8 Å². The summed E-state index contributed by atoms with van der Waals surface area (Å²) in [6.45, 7) is 5.12. The molecule has 2 N–H and O–H groups in total. The van der Waals surface area contributed by atoms with Crippen molar-refractivity contribution in [3.05, 3.63) is 0 Å². The van der Waals surface area contributed by atoms with Gasteiger partial charge >= 0.3 is 43.2 Å². The Labute approximate surface area is 337 Å². The molecule has 2 aliphatic rings. The van der Waals surface area contributed by atoms with Gasteiger partial charge in [-0.2, -0.15) is 92.2 Å². The minimum Gasteiger partial charge on any atom is -0.381 e. The van der Waals surface area contributed by atoms with Gasteiger partial charge in [0.15, 0.2) is 5.60 Å². The van der Waals surface area contributed by atoms with E-state index in [-0.39, 0.29) is 39.0 Å². The molecule has 2 aliphatic carbocycles. The fourth-order valence-corrected chi connectivity index (χ4v) is 7.72. The number of halogens is 21. The van der Waals surface area contributed by atoms with Crippen molar-refractivity contribution in [3.63, 3.8) is 0 Å². The summed E-state index contributed by atoms with van der Waals surface area (Å²) in [5.74, 6) is -4.96. The lowest BCUT2D eigenvalue weighted by atomic mass is 9.78. The second-order valence-corrected chi connectivity index (χ2v) is 16.9. The molecular weight excluding hydrogens is 899 g/mol. The number of rotatable bonds is 16. The van der Waals surface area contributed by atoms with Gasteiger partial charge in [0.1, 0.15) is 6.79 Å². The van der Waals surface area contributed by atoms with Crippen LogP contribution in [0.2, 0.25) is 0 Å². The normalized spacial score (nSPS) is 23.7. The Morgan fingerprint density at radius 3 is 1.26 bits per heavy atom. The zero-order valence-corrected chi connectivity index (χ0v) is 33.6. The van der Waals surface area contributed by atoms with Gasteiger partial charge in [-0.25, -0.2) is 0 Å². The molecule has 61 heavy (non-hydrogen) atoms. The standard InChI is InChI=1S/C20H26F12O3.C15H23F9O2/c1-3-10(2)7-16(19(27,28)29,20(30,31)32)35-9-34-14-6-11-4-12(13(14)5-11)8-15(33,17(21,22)23)18(24,25)26;1-6-9(2)7-12(14(19,20)21,15(22,23)24)26-10(3,4)8-11(5,25)13(16,17)18/h10-14,33H,3-9H2,1-2H3;9,25H,6-8H2,1-5H3. The van der Waals surface area contributed by atoms with E-state index in [0.29, 0.717) is 13.8 Å². The molecule has 366 valence electrons. The van der Waals surface area contributed by atoms with Gasteiger partial charge in [0.05, 0.1) is 11.7 Å². The van der Waals surface area contributed by atoms with E-state index in [1.54, 1.807) is 0 Å². The van der Waals surface area contributed by atoms with Crippen molar-refractivity contribution in [1.82, 2.24) is 0 Å². The van der Waals surface area contributed by atoms with E-state index >= 15 is 0 Å². The summed E-state index contributed by atoms with van der Waals surface area (Å²) in [7, 11) is 0. The maximum atomic E-state index is 13.5. The van der Waals surface area contributed by atoms with Crippen molar-refractivity contribution in [1.29, 1.82) is 0 Å². The van der Waals surface area contributed by atoms with Gasteiger partial charge in [-0.15, -0.1) is 0 Å². The quantitative estimate of drug-likeness (QED) is 0.119. The van der Waals surface area contributed by atoms with Crippen LogP contribution in [0.1, 0.15) is 106 Å². The lowest BCUT2D eigenvalue weighted by Gasteiger charge is -2.45. The zero-order chi connectivity index (χ0) is 48.7. The molecular formula is C35H49F21O5. The molecule has 2 saturated carbocycles. The van der Waals surface area contributed by atoms with Gasteiger partial charge in [-0.05, 0) is 88.9 Å². The Hall–Kier alpha value is -1.67. The predicted octanol–water partition coefficient (Wildman–Crippen LogP) is 12.7. The van der Waals surface area contributed by atoms with Gasteiger partial charge in [0.2, 0.25) is 0 Å². The Balaban J connectivity index is 0.000000640. The highest BCUT2D eigenvalue weighted by molar-refractivity contribution is 5.04. The molecule has 0 radical (unpaired) electrons. The summed E-state index contributed by atoms with van der Waals surface area (Å²) in [6.07, 6.45) is -48.4. The molecule has 2 fully saturated rings. The maximum absolute atomic E-state index is 13.5. The van der Waals surface area contributed by atoms with Crippen LogP contribution in [0.4, 0.5) is 92.2 Å². The summed E-state index contributed by atoms with van der Waals surface area (Å²) >= 11 is 0. The van der Waals surface area contributed by atoms with Gasteiger partial charge in [-0.3, -0.25) is 0 Å². The molecule has 7 atom stereocenters. The van der Waals surface area contributed by atoms with Gasteiger partial charge in [-0.1, -0.05) is 40.5 Å². The number of ether oxygens (including phenoxy) is 3. The van der Waals surface area contributed by atoms with E-state index in [2.05, 4.69) is 9.47 Å². The molecule has 0 spiro atoms. The fraction of sp³-hybridized carbons (Fsp3) is 1.00. The monoisotopic (exact) mass is 948 g/mol. The first-order valence-corrected chi connectivity index (χ1v) is 18.6. The van der Waals surface area contributed by atoms with Crippen LogP contribution in [-0.4, -0.2) is 94.3 Å². The van der Waals surface area contributed by atoms with Crippen molar-refractivity contribution >= 4 is 0 Å². The first-order chi connectivity index (χ1) is 26.7. The van der Waals surface area contributed by atoms with E-state index in [1.165, 1.54) is 20.8 Å². The molecule has 0 aromatic carbocycles. The molecule has 0 aliphatic heterocycles. The van der Waals surface area contributed by atoms with E-state index in [9.17, 15) is 102 Å². The average molecular weight is 949 g/mol. The van der Waals surface area contributed by atoms with Crippen LogP contribution in [-0.2, 0) is 14.2 Å². The third-order valence-corrected chi connectivity index (χ3v) is 11.3. The van der Waals surface area contributed by atoms with E-state index in [0.717, 1.165) is 6.92 Å². The molecule has 7 unspecified atom stereocenters. The van der Waals surface area contributed by atoms with Crippen molar-refractivity contribution in [2.45, 2.75) is 184 Å². The number of fused-ring (bicyclic) bond motifs is 2. The third-order valence-electron chi connectivity index (χ3n) is 11.3. The lowest BCUT2D eigenvalue weighted by Crippen LogP contribution is -2.63. The maximum Gasteiger partial charge on any atom is 0.426 e. The fourth-order valence-electron chi connectivity index (χ4n) is 7.72. The summed E-state index contributed by atoms with van der Waals surface area (Å²) in [5.41, 5.74) is -20.3. The molecule has 2 rings (SSSR count). The molecule has 0 aromatic rings. The zero-order valence-electron chi connectivity index (χ0n) is 33.6. The highest BCUT2D eigenvalue weighted by Crippen LogP contribution is 2.57. The first-order valence-electron chi connectivity index (χ1n) is 18.6. The van der Waals surface area contributed by atoms with Crippen molar-refractivity contribution in [2.24, 2.45) is 29.6 Å². The number of hydrogen-bond donors (Lipinski definition) is 2. The largest absolute Gasteiger partial charge is 0.426 e. The topological polar surface area (TPSA) is 68.2 Å². The Morgan fingerprint density at radius 1 is 0.541 bits per heavy atom. The van der Waals surface area contributed by atoms with Crippen LogP contribution in [0.5, 0.6) is 0 Å². The smallest absolute Gasteiger partial charge is 0.381 e. The molecule has 0 heterocycles. The van der Waals surface area contributed by atoms with Crippen LogP contribution in [0.3, 0.4) is 0 Å².